The molecule has 24 heavy (non-hydrogen) atoms. The van der Waals surface area contributed by atoms with Gasteiger partial charge in [-0.2, -0.15) is 0 Å². The lowest BCUT2D eigenvalue weighted by Crippen LogP contribution is -2.52. The van der Waals surface area contributed by atoms with Crippen molar-refractivity contribution < 1.29 is 14.3 Å². The lowest BCUT2D eigenvalue weighted by Gasteiger charge is -2.43. The second kappa shape index (κ2) is 7.72. The molecule has 1 aliphatic carbocycles. The maximum absolute atomic E-state index is 12.6. The van der Waals surface area contributed by atoms with Gasteiger partial charge < -0.3 is 20.7 Å². The van der Waals surface area contributed by atoms with Crippen molar-refractivity contribution in [3.05, 3.63) is 0 Å². The van der Waals surface area contributed by atoms with Crippen LogP contribution in [0.1, 0.15) is 66.2 Å². The molecule has 2 rings (SSSR count). The average Bonchev–Trinajstić information content (AvgIpc) is 2.79. The van der Waals surface area contributed by atoms with Crippen molar-refractivity contribution >= 4 is 12.0 Å². The number of carbonyl (C=O) groups excluding carboxylic acids is 2. The molecule has 1 heterocycles. The summed E-state index contributed by atoms with van der Waals surface area (Å²) in [5, 5.41) is 3.71. The van der Waals surface area contributed by atoms with E-state index in [1.165, 1.54) is 0 Å². The van der Waals surface area contributed by atoms with E-state index in [0.29, 0.717) is 24.9 Å². The number of nitrogens with zero attached hydrogens (tertiary/aromatic N) is 1. The molecule has 2 amide bonds. The summed E-state index contributed by atoms with van der Waals surface area (Å²) in [7, 11) is 0. The molecule has 138 valence electrons. The van der Waals surface area contributed by atoms with Crippen molar-refractivity contribution in [2.45, 2.75) is 89.9 Å². The Balaban J connectivity index is 2.01. The fourth-order valence-corrected chi connectivity index (χ4v) is 4.34. The number of hydrogen-bond donors (Lipinski definition) is 2. The molecule has 0 radical (unpaired) electrons. The molecule has 0 aromatic rings. The molecule has 0 aromatic heterocycles. The van der Waals surface area contributed by atoms with E-state index in [4.69, 9.17) is 10.5 Å². The van der Waals surface area contributed by atoms with E-state index in [1.807, 2.05) is 4.90 Å². The third-order valence-corrected chi connectivity index (χ3v) is 5.09. The minimum Gasteiger partial charge on any atom is -0.436 e. The first-order valence-electron chi connectivity index (χ1n) is 9.25. The van der Waals surface area contributed by atoms with Crippen molar-refractivity contribution in [1.29, 1.82) is 0 Å². The van der Waals surface area contributed by atoms with Crippen LogP contribution in [-0.2, 0) is 9.53 Å². The zero-order valence-corrected chi connectivity index (χ0v) is 15.5. The van der Waals surface area contributed by atoms with Gasteiger partial charge in [-0.1, -0.05) is 13.3 Å². The molecular formula is C18H33N3O3. The normalized spacial score (nSPS) is 31.3. The summed E-state index contributed by atoms with van der Waals surface area (Å²) < 4.78 is 4.96. The molecule has 1 aliphatic heterocycles. The summed E-state index contributed by atoms with van der Waals surface area (Å²) in [6.45, 7) is 9.46. The number of primary amides is 1. The number of ether oxygens (including phenoxy) is 1. The minimum absolute atomic E-state index is 0.0675. The molecule has 0 aromatic carbocycles. The predicted molar refractivity (Wildman–Crippen MR) is 93.5 cm³/mol. The lowest BCUT2D eigenvalue weighted by atomic mass is 9.78. The van der Waals surface area contributed by atoms with E-state index in [1.54, 1.807) is 0 Å². The van der Waals surface area contributed by atoms with Gasteiger partial charge in [-0.25, -0.2) is 4.79 Å². The Hall–Kier alpha value is -1.30. The Kier molecular flexibility index (Phi) is 6.12. The number of carbonyl (C=O) groups is 2. The summed E-state index contributed by atoms with van der Waals surface area (Å²) in [5.74, 6) is 0.432. The van der Waals surface area contributed by atoms with Gasteiger partial charge in [0.25, 0.3) is 5.91 Å². The third-order valence-electron chi connectivity index (χ3n) is 5.09. The van der Waals surface area contributed by atoms with Gasteiger partial charge in [0.15, 0.2) is 6.10 Å². The van der Waals surface area contributed by atoms with Crippen LogP contribution in [0.2, 0.25) is 0 Å². The van der Waals surface area contributed by atoms with Gasteiger partial charge in [0.1, 0.15) is 0 Å². The Bertz CT molecular complexity index is 461. The van der Waals surface area contributed by atoms with Gasteiger partial charge in [-0.15, -0.1) is 0 Å². The van der Waals surface area contributed by atoms with Crippen LogP contribution in [0.4, 0.5) is 4.79 Å². The molecular weight excluding hydrogens is 306 g/mol. The number of nitrogens with one attached hydrogen (secondary N) is 1. The summed E-state index contributed by atoms with van der Waals surface area (Å²) in [5.41, 5.74) is 5.18. The molecule has 1 saturated carbocycles. The quantitative estimate of drug-likeness (QED) is 0.805. The smallest absolute Gasteiger partial charge is 0.405 e. The highest BCUT2D eigenvalue weighted by Crippen LogP contribution is 2.35. The van der Waals surface area contributed by atoms with Crippen LogP contribution in [0.25, 0.3) is 0 Å². The Morgan fingerprint density at radius 2 is 2.04 bits per heavy atom. The fraction of sp³-hybridized carbons (Fsp3) is 0.889. The molecule has 2 fully saturated rings. The first-order valence-corrected chi connectivity index (χ1v) is 9.25. The highest BCUT2D eigenvalue weighted by atomic mass is 16.6. The molecule has 0 spiro atoms. The van der Waals surface area contributed by atoms with Gasteiger partial charge >= 0.3 is 6.09 Å². The predicted octanol–water partition coefficient (Wildman–Crippen LogP) is 2.41. The van der Waals surface area contributed by atoms with Crippen LogP contribution in [0.5, 0.6) is 0 Å². The first kappa shape index (κ1) is 19.0. The first-order chi connectivity index (χ1) is 11.2. The molecule has 2 aliphatic rings. The van der Waals surface area contributed by atoms with Crippen LogP contribution in [0.3, 0.4) is 0 Å². The number of rotatable bonds is 5. The van der Waals surface area contributed by atoms with E-state index in [0.717, 1.165) is 32.1 Å². The van der Waals surface area contributed by atoms with Crippen LogP contribution < -0.4 is 11.1 Å². The molecule has 0 bridgehead atoms. The molecule has 6 nitrogen and oxygen atoms in total. The van der Waals surface area contributed by atoms with Gasteiger partial charge in [-0.05, 0) is 52.4 Å². The van der Waals surface area contributed by atoms with Crippen LogP contribution in [0, 0.1) is 5.92 Å². The second-order valence-corrected chi connectivity index (χ2v) is 8.27. The Morgan fingerprint density at radius 3 is 2.62 bits per heavy atom. The van der Waals surface area contributed by atoms with Crippen molar-refractivity contribution in [2.24, 2.45) is 11.7 Å². The van der Waals surface area contributed by atoms with Crippen molar-refractivity contribution in [1.82, 2.24) is 10.2 Å². The average molecular weight is 339 g/mol. The molecule has 6 heteroatoms. The van der Waals surface area contributed by atoms with Gasteiger partial charge in [0.2, 0.25) is 0 Å². The van der Waals surface area contributed by atoms with Crippen molar-refractivity contribution in [2.75, 3.05) is 6.54 Å². The summed E-state index contributed by atoms with van der Waals surface area (Å²) >= 11 is 0. The second-order valence-electron chi connectivity index (χ2n) is 8.27. The lowest BCUT2D eigenvalue weighted by molar-refractivity contribution is -0.138. The van der Waals surface area contributed by atoms with Crippen LogP contribution in [-0.4, -0.2) is 47.2 Å². The molecule has 1 unspecified atom stereocenters. The number of likely N-dealkylation sites (tertiary alicyclic amines) is 1. The largest absolute Gasteiger partial charge is 0.436 e. The van der Waals surface area contributed by atoms with E-state index in [2.05, 4.69) is 33.0 Å². The molecule has 1 saturated heterocycles. The maximum Gasteiger partial charge on any atom is 0.405 e. The Morgan fingerprint density at radius 1 is 1.33 bits per heavy atom. The van der Waals surface area contributed by atoms with Crippen LogP contribution in [0.15, 0.2) is 0 Å². The number of hydrogen-bond acceptors (Lipinski definition) is 4. The monoisotopic (exact) mass is 339 g/mol. The van der Waals surface area contributed by atoms with Crippen LogP contribution >= 0.6 is 0 Å². The van der Waals surface area contributed by atoms with E-state index >= 15 is 0 Å². The zero-order valence-electron chi connectivity index (χ0n) is 15.5. The topological polar surface area (TPSA) is 84.7 Å². The van der Waals surface area contributed by atoms with Gasteiger partial charge in [0, 0.05) is 30.6 Å². The summed E-state index contributed by atoms with van der Waals surface area (Å²) in [4.78, 5) is 25.5. The summed E-state index contributed by atoms with van der Waals surface area (Å²) in [6.07, 6.45) is 4.43. The van der Waals surface area contributed by atoms with E-state index in [9.17, 15) is 9.59 Å². The number of nitrogens with two attached hydrogens (primary N) is 1. The zero-order chi connectivity index (χ0) is 17.9. The maximum atomic E-state index is 12.6. The molecule has 3 N–H and O–H groups in total. The van der Waals surface area contributed by atoms with E-state index in [-0.39, 0.29) is 17.5 Å². The fourth-order valence-electron chi connectivity index (χ4n) is 4.34. The van der Waals surface area contributed by atoms with Crippen molar-refractivity contribution in [3.63, 3.8) is 0 Å². The van der Waals surface area contributed by atoms with E-state index < -0.39 is 12.2 Å². The highest BCUT2D eigenvalue weighted by Gasteiger charge is 2.42. The molecule has 4 atom stereocenters. The minimum atomic E-state index is -0.863. The highest BCUT2D eigenvalue weighted by molar-refractivity contribution is 5.85. The SMILES string of the molecule is CCC[C@@H]1CC(NC(C)(C)C)CC[C@@H]1N1CC[C@H](OC(N)=O)C1=O. The van der Waals surface area contributed by atoms with Crippen molar-refractivity contribution in [3.8, 4) is 0 Å². The van der Waals surface area contributed by atoms with Gasteiger partial charge in [-0.3, -0.25) is 4.79 Å². The summed E-state index contributed by atoms with van der Waals surface area (Å²) in [6, 6.07) is 0.769. The van der Waals surface area contributed by atoms with Gasteiger partial charge in [0.05, 0.1) is 0 Å². The number of amides is 2. The third kappa shape index (κ3) is 4.85. The Labute approximate surface area is 145 Å². The standard InChI is InChI=1S/C18H33N3O3/c1-5-6-12-11-13(20-18(2,3)4)7-8-14(12)21-10-9-15(16(21)22)24-17(19)23/h12-15,20H,5-11H2,1-4H3,(H2,19,23)/t12-,13?,14+,15+/m1/s1.